The number of benzene rings is 1. The molecule has 1 amide bonds. The third kappa shape index (κ3) is 3.94. The van der Waals surface area contributed by atoms with Gasteiger partial charge in [0.1, 0.15) is 5.75 Å². The minimum absolute atomic E-state index is 0.0325. The van der Waals surface area contributed by atoms with Crippen LogP contribution in [0.2, 0.25) is 0 Å². The lowest BCUT2D eigenvalue weighted by Crippen LogP contribution is -2.30. The van der Waals surface area contributed by atoms with Gasteiger partial charge in [0.25, 0.3) is 5.91 Å². The van der Waals surface area contributed by atoms with Gasteiger partial charge in [-0.25, -0.2) is 0 Å². The average Bonchev–Trinajstić information content (AvgIpc) is 2.28. The zero-order valence-corrected chi connectivity index (χ0v) is 11.7. The highest BCUT2D eigenvalue weighted by Crippen LogP contribution is 2.23. The zero-order valence-electron chi connectivity index (χ0n) is 10.1. The number of alkyl halides is 2. The van der Waals surface area contributed by atoms with E-state index in [1.807, 2.05) is 13.8 Å². The molecule has 0 aromatic heterocycles. The van der Waals surface area contributed by atoms with Gasteiger partial charge in [-0.3, -0.25) is 4.79 Å². The third-order valence-electron chi connectivity index (χ3n) is 2.39. The maximum absolute atomic E-state index is 12.1. The Balaban J connectivity index is 3.01. The minimum atomic E-state index is -2.91. The highest BCUT2D eigenvalue weighted by Gasteiger charge is 2.15. The van der Waals surface area contributed by atoms with Crippen molar-refractivity contribution in [3.63, 3.8) is 0 Å². The second-order valence-electron chi connectivity index (χ2n) is 3.53. The van der Waals surface area contributed by atoms with Gasteiger partial charge in [0.05, 0.1) is 0 Å². The molecule has 0 aliphatic rings. The molecule has 3 nitrogen and oxygen atoms in total. The molecule has 18 heavy (non-hydrogen) atoms. The molecule has 0 aliphatic heterocycles. The number of amides is 1. The van der Waals surface area contributed by atoms with E-state index in [9.17, 15) is 13.6 Å². The van der Waals surface area contributed by atoms with E-state index in [-0.39, 0.29) is 11.7 Å². The molecule has 0 bridgehead atoms. The monoisotopic (exact) mass is 321 g/mol. The van der Waals surface area contributed by atoms with Crippen LogP contribution >= 0.6 is 15.9 Å². The van der Waals surface area contributed by atoms with Crippen LogP contribution in [0, 0.1) is 0 Å². The predicted molar refractivity (Wildman–Crippen MR) is 68.0 cm³/mol. The number of hydrogen-bond donors (Lipinski definition) is 0. The van der Waals surface area contributed by atoms with E-state index in [0.29, 0.717) is 23.1 Å². The summed E-state index contributed by atoms with van der Waals surface area (Å²) in [5.41, 5.74) is 0.323. The summed E-state index contributed by atoms with van der Waals surface area (Å²) in [4.78, 5) is 13.7. The summed E-state index contributed by atoms with van der Waals surface area (Å²) in [5.74, 6) is -0.240. The highest BCUT2D eigenvalue weighted by atomic mass is 79.9. The molecule has 6 heteroatoms. The van der Waals surface area contributed by atoms with Crippen LogP contribution in [0.15, 0.2) is 22.7 Å². The lowest BCUT2D eigenvalue weighted by Gasteiger charge is -2.19. The minimum Gasteiger partial charge on any atom is -0.435 e. The van der Waals surface area contributed by atoms with Crippen molar-refractivity contribution in [2.45, 2.75) is 20.5 Å². The van der Waals surface area contributed by atoms with Crippen molar-refractivity contribution in [3.8, 4) is 5.75 Å². The van der Waals surface area contributed by atoms with E-state index < -0.39 is 6.61 Å². The number of carbonyl (C=O) groups excluding carboxylic acids is 1. The van der Waals surface area contributed by atoms with Crippen LogP contribution in [0.3, 0.4) is 0 Å². The predicted octanol–water partition coefficient (Wildman–Crippen LogP) is 3.53. The molecule has 100 valence electrons. The number of carbonyl (C=O) groups is 1. The largest absolute Gasteiger partial charge is 0.435 e. The summed E-state index contributed by atoms with van der Waals surface area (Å²) in [5, 5.41) is 0. The zero-order chi connectivity index (χ0) is 13.7. The van der Waals surface area contributed by atoms with Gasteiger partial charge in [-0.2, -0.15) is 8.78 Å². The highest BCUT2D eigenvalue weighted by molar-refractivity contribution is 9.10. The number of nitrogens with zero attached hydrogens (tertiary/aromatic N) is 1. The van der Waals surface area contributed by atoms with Crippen LogP contribution in [-0.4, -0.2) is 30.5 Å². The first kappa shape index (κ1) is 14.9. The standard InChI is InChI=1S/C12H14BrF2NO2/c1-3-16(4-2)11(17)8-5-9(13)7-10(6-8)18-12(14)15/h5-7,12H,3-4H2,1-2H3. The Kier molecular flexibility index (Phi) is 5.53. The number of ether oxygens (including phenoxy) is 1. The molecule has 0 radical (unpaired) electrons. The van der Waals surface area contributed by atoms with E-state index >= 15 is 0 Å². The van der Waals surface area contributed by atoms with E-state index in [0.717, 1.165) is 0 Å². The van der Waals surface area contributed by atoms with Crippen LogP contribution in [0.4, 0.5) is 8.78 Å². The molecule has 0 N–H and O–H groups in total. The van der Waals surface area contributed by atoms with Crippen molar-refractivity contribution < 1.29 is 18.3 Å². The average molecular weight is 322 g/mol. The Labute approximate surface area is 113 Å². The van der Waals surface area contributed by atoms with Crippen molar-refractivity contribution in [2.24, 2.45) is 0 Å². The fourth-order valence-corrected chi connectivity index (χ4v) is 2.02. The summed E-state index contributed by atoms with van der Waals surface area (Å²) >= 11 is 3.17. The van der Waals surface area contributed by atoms with Crippen molar-refractivity contribution in [1.29, 1.82) is 0 Å². The summed E-state index contributed by atoms with van der Waals surface area (Å²) < 4.78 is 29.1. The van der Waals surface area contributed by atoms with Crippen LogP contribution in [-0.2, 0) is 0 Å². The maximum Gasteiger partial charge on any atom is 0.387 e. The van der Waals surface area contributed by atoms with Gasteiger partial charge in [-0.1, -0.05) is 15.9 Å². The Hall–Kier alpha value is -1.17. The van der Waals surface area contributed by atoms with Gasteiger partial charge in [0.2, 0.25) is 0 Å². The molecule has 0 saturated heterocycles. The Morgan fingerprint density at radius 2 is 1.94 bits per heavy atom. The second-order valence-corrected chi connectivity index (χ2v) is 4.45. The molecule has 1 rings (SSSR count). The molecule has 0 saturated carbocycles. The normalized spacial score (nSPS) is 10.6. The summed E-state index contributed by atoms with van der Waals surface area (Å²) in [6.07, 6.45) is 0. The van der Waals surface area contributed by atoms with Gasteiger partial charge in [0.15, 0.2) is 0 Å². The van der Waals surface area contributed by atoms with Gasteiger partial charge in [-0.15, -0.1) is 0 Å². The molecule has 0 unspecified atom stereocenters. The molecular formula is C12H14BrF2NO2. The van der Waals surface area contributed by atoms with Crippen LogP contribution in [0.1, 0.15) is 24.2 Å². The van der Waals surface area contributed by atoms with Crippen LogP contribution in [0.5, 0.6) is 5.75 Å². The van der Waals surface area contributed by atoms with Gasteiger partial charge in [0, 0.05) is 23.1 Å². The van der Waals surface area contributed by atoms with Crippen molar-refractivity contribution in [1.82, 2.24) is 4.90 Å². The van der Waals surface area contributed by atoms with Crippen molar-refractivity contribution >= 4 is 21.8 Å². The van der Waals surface area contributed by atoms with Gasteiger partial charge < -0.3 is 9.64 Å². The molecule has 0 heterocycles. The lowest BCUT2D eigenvalue weighted by molar-refractivity contribution is -0.0499. The van der Waals surface area contributed by atoms with E-state index in [2.05, 4.69) is 20.7 Å². The number of hydrogen-bond acceptors (Lipinski definition) is 2. The number of halogens is 3. The molecule has 0 aliphatic carbocycles. The van der Waals surface area contributed by atoms with Crippen molar-refractivity contribution in [3.05, 3.63) is 28.2 Å². The van der Waals surface area contributed by atoms with Crippen LogP contribution < -0.4 is 4.74 Å². The molecular weight excluding hydrogens is 308 g/mol. The summed E-state index contributed by atoms with van der Waals surface area (Å²) in [6.45, 7) is 1.93. The SMILES string of the molecule is CCN(CC)C(=O)c1cc(Br)cc(OC(F)F)c1. The molecule has 0 fully saturated rings. The smallest absolute Gasteiger partial charge is 0.387 e. The molecule has 0 atom stereocenters. The molecule has 0 spiro atoms. The van der Waals surface area contributed by atoms with Gasteiger partial charge >= 0.3 is 6.61 Å². The lowest BCUT2D eigenvalue weighted by atomic mass is 10.2. The molecule has 1 aromatic rings. The topological polar surface area (TPSA) is 29.5 Å². The molecule has 1 aromatic carbocycles. The third-order valence-corrected chi connectivity index (χ3v) is 2.85. The fourth-order valence-electron chi connectivity index (χ4n) is 1.55. The first-order chi connectivity index (χ1) is 8.47. The van der Waals surface area contributed by atoms with Crippen LogP contribution in [0.25, 0.3) is 0 Å². The summed E-state index contributed by atoms with van der Waals surface area (Å²) in [7, 11) is 0. The van der Waals surface area contributed by atoms with E-state index in [4.69, 9.17) is 0 Å². The maximum atomic E-state index is 12.1. The fraction of sp³-hybridized carbons (Fsp3) is 0.417. The quantitative estimate of drug-likeness (QED) is 0.830. The first-order valence-electron chi connectivity index (χ1n) is 5.52. The van der Waals surface area contributed by atoms with Gasteiger partial charge in [-0.05, 0) is 32.0 Å². The van der Waals surface area contributed by atoms with Crippen molar-refractivity contribution in [2.75, 3.05) is 13.1 Å². The second kappa shape index (κ2) is 6.68. The Morgan fingerprint density at radius 1 is 1.33 bits per heavy atom. The van der Waals surface area contributed by atoms with E-state index in [1.54, 1.807) is 11.0 Å². The summed E-state index contributed by atoms with van der Waals surface area (Å²) in [6, 6.07) is 4.29. The first-order valence-corrected chi connectivity index (χ1v) is 6.31. The number of rotatable bonds is 5. The van der Waals surface area contributed by atoms with E-state index in [1.165, 1.54) is 12.1 Å². The Morgan fingerprint density at radius 3 is 2.44 bits per heavy atom. The Bertz CT molecular complexity index is 423.